The fourth-order valence-corrected chi connectivity index (χ4v) is 3.41. The Labute approximate surface area is 143 Å². The van der Waals surface area contributed by atoms with E-state index in [0.29, 0.717) is 11.5 Å². The van der Waals surface area contributed by atoms with E-state index in [1.54, 1.807) is 0 Å². The third-order valence-corrected chi connectivity index (χ3v) is 4.46. The minimum Gasteiger partial charge on any atom is -0.277 e. The summed E-state index contributed by atoms with van der Waals surface area (Å²) in [6.45, 7) is 0. The predicted molar refractivity (Wildman–Crippen MR) is 99.7 cm³/mol. The maximum atomic E-state index is 12.2. The van der Waals surface area contributed by atoms with E-state index in [-0.39, 0.29) is 0 Å². The molecular weight excluding hydrogens is 310 g/mol. The monoisotopic (exact) mass is 323 g/mol. The molecule has 5 rings (SSSR count). The molecule has 0 aliphatic rings. The molecule has 0 unspecified atom stereocenters. The number of rotatable bonds is 1. The molecule has 0 radical (unpaired) electrons. The van der Waals surface area contributed by atoms with Crippen molar-refractivity contribution in [2.24, 2.45) is 0 Å². The van der Waals surface area contributed by atoms with Crippen LogP contribution in [0.3, 0.4) is 0 Å². The number of hydrogen-bond acceptors (Lipinski definition) is 3. The van der Waals surface area contributed by atoms with Crippen molar-refractivity contribution < 1.29 is 0 Å². The van der Waals surface area contributed by atoms with Crippen LogP contribution in [-0.2, 0) is 0 Å². The first-order chi connectivity index (χ1) is 12.3. The zero-order valence-electron chi connectivity index (χ0n) is 13.3. The van der Waals surface area contributed by atoms with E-state index in [1.807, 2.05) is 71.1 Å². The molecule has 118 valence electrons. The van der Waals surface area contributed by atoms with Gasteiger partial charge in [0.15, 0.2) is 11.5 Å². The molecule has 0 saturated carbocycles. The van der Waals surface area contributed by atoms with Gasteiger partial charge in [0.25, 0.3) is 0 Å². The number of para-hydroxylation sites is 1. The van der Waals surface area contributed by atoms with Crippen molar-refractivity contribution >= 4 is 27.3 Å². The summed E-state index contributed by atoms with van der Waals surface area (Å²) in [5.41, 5.74) is 2.03. The highest BCUT2D eigenvalue weighted by Crippen LogP contribution is 2.30. The van der Waals surface area contributed by atoms with E-state index in [0.717, 1.165) is 27.2 Å². The second-order valence-electron chi connectivity index (χ2n) is 5.92. The average molecular weight is 323 g/mol. The van der Waals surface area contributed by atoms with Gasteiger partial charge in [-0.25, -0.2) is 4.79 Å². The van der Waals surface area contributed by atoms with Crippen LogP contribution in [0.15, 0.2) is 83.7 Å². The molecule has 4 nitrogen and oxygen atoms in total. The molecule has 2 heterocycles. The molecule has 0 bridgehead atoms. The maximum absolute atomic E-state index is 12.2. The Morgan fingerprint density at radius 3 is 2.08 bits per heavy atom. The Balaban J connectivity index is 2.13. The largest absolute Gasteiger partial charge is 0.371 e. The number of benzene rings is 3. The van der Waals surface area contributed by atoms with E-state index in [1.165, 1.54) is 0 Å². The lowest BCUT2D eigenvalue weighted by Crippen LogP contribution is -2.16. The van der Waals surface area contributed by atoms with Crippen LogP contribution in [0.2, 0.25) is 0 Å². The molecule has 4 heteroatoms. The summed E-state index contributed by atoms with van der Waals surface area (Å²) in [7, 11) is 0. The van der Waals surface area contributed by atoms with Crippen molar-refractivity contribution in [2.45, 2.75) is 0 Å². The van der Waals surface area contributed by atoms with Gasteiger partial charge in [0.2, 0.25) is 0 Å². The van der Waals surface area contributed by atoms with Gasteiger partial charge in [-0.15, -0.1) is 0 Å². The summed E-state index contributed by atoms with van der Waals surface area (Å²) in [6.07, 6.45) is 0. The molecule has 0 aliphatic carbocycles. The van der Waals surface area contributed by atoms with Gasteiger partial charge < -0.3 is 0 Å². The highest BCUT2D eigenvalue weighted by atomic mass is 16.1. The van der Waals surface area contributed by atoms with Crippen LogP contribution in [0, 0.1) is 0 Å². The van der Waals surface area contributed by atoms with E-state index < -0.39 is 5.69 Å². The topological polar surface area (TPSA) is 47.3 Å². The number of fused-ring (bicyclic) bond motifs is 6. The van der Waals surface area contributed by atoms with Crippen LogP contribution in [0.5, 0.6) is 0 Å². The summed E-state index contributed by atoms with van der Waals surface area (Å²) in [6, 6.07) is 25.9. The molecule has 0 fully saturated rings. The fraction of sp³-hybridized carbons (Fsp3) is 0. The summed E-state index contributed by atoms with van der Waals surface area (Å²) < 4.78 is 1.98. The van der Waals surface area contributed by atoms with E-state index >= 15 is 0 Å². The van der Waals surface area contributed by atoms with Crippen molar-refractivity contribution in [3.63, 3.8) is 0 Å². The molecule has 3 aromatic carbocycles. The molecule has 2 aromatic heterocycles. The first-order valence-corrected chi connectivity index (χ1v) is 8.08. The zero-order chi connectivity index (χ0) is 16.8. The Morgan fingerprint density at radius 2 is 1.28 bits per heavy atom. The van der Waals surface area contributed by atoms with Crippen LogP contribution < -0.4 is 5.69 Å². The fourth-order valence-electron chi connectivity index (χ4n) is 3.41. The second-order valence-corrected chi connectivity index (χ2v) is 5.92. The Hall–Kier alpha value is -3.53. The molecule has 0 atom stereocenters. The maximum Gasteiger partial charge on any atom is 0.371 e. The van der Waals surface area contributed by atoms with Crippen molar-refractivity contribution in [3.05, 3.63) is 89.3 Å². The van der Waals surface area contributed by atoms with Gasteiger partial charge >= 0.3 is 5.69 Å². The van der Waals surface area contributed by atoms with Crippen LogP contribution in [0.1, 0.15) is 0 Å². The average Bonchev–Trinajstić information content (AvgIpc) is 2.68. The lowest BCUT2D eigenvalue weighted by Gasteiger charge is -2.14. The summed E-state index contributed by atoms with van der Waals surface area (Å²) >= 11 is 0. The molecule has 0 N–H and O–H groups in total. The molecule has 0 amide bonds. The van der Waals surface area contributed by atoms with Gasteiger partial charge in [0.1, 0.15) is 0 Å². The van der Waals surface area contributed by atoms with Crippen molar-refractivity contribution in [1.82, 2.24) is 14.4 Å². The number of aromatic nitrogens is 3. The minimum atomic E-state index is -0.473. The van der Waals surface area contributed by atoms with Gasteiger partial charge in [-0.2, -0.15) is 9.97 Å². The smallest absolute Gasteiger partial charge is 0.277 e. The number of hydrogen-bond donors (Lipinski definition) is 0. The van der Waals surface area contributed by atoms with Crippen molar-refractivity contribution in [2.75, 3.05) is 0 Å². The molecular formula is C21H13N3O. The third kappa shape index (κ3) is 2.04. The second kappa shape index (κ2) is 5.24. The zero-order valence-corrected chi connectivity index (χ0v) is 13.3. The predicted octanol–water partition coefficient (Wildman–Crippen LogP) is 4.06. The van der Waals surface area contributed by atoms with Crippen LogP contribution in [-0.4, -0.2) is 14.4 Å². The molecule has 5 aromatic rings. The molecule has 0 spiro atoms. The van der Waals surface area contributed by atoms with E-state index in [9.17, 15) is 4.79 Å². The van der Waals surface area contributed by atoms with Gasteiger partial charge in [-0.1, -0.05) is 72.8 Å². The van der Waals surface area contributed by atoms with Gasteiger partial charge in [0.05, 0.1) is 5.52 Å². The molecule has 0 aliphatic heterocycles. The van der Waals surface area contributed by atoms with Crippen molar-refractivity contribution in [1.29, 1.82) is 0 Å². The normalized spacial score (nSPS) is 11.4. The first kappa shape index (κ1) is 13.9. The van der Waals surface area contributed by atoms with Gasteiger partial charge in [-0.05, 0) is 11.5 Å². The highest BCUT2D eigenvalue weighted by molar-refractivity contribution is 6.11. The lowest BCUT2D eigenvalue weighted by atomic mass is 10.1. The first-order valence-electron chi connectivity index (χ1n) is 8.08. The standard InChI is InChI=1S/C21H13N3O/c25-21-22-19(14-8-2-1-3-9-14)24-18-13-7-6-11-16(18)15-10-4-5-12-17(15)20(24)23-21/h1-13H. The molecule has 0 saturated heterocycles. The number of nitrogens with zero attached hydrogens (tertiary/aromatic N) is 3. The quantitative estimate of drug-likeness (QED) is 0.437. The Bertz CT molecular complexity index is 1310. The summed E-state index contributed by atoms with van der Waals surface area (Å²) in [5, 5.41) is 3.13. The lowest BCUT2D eigenvalue weighted by molar-refractivity contribution is 1.00. The highest BCUT2D eigenvalue weighted by Gasteiger charge is 2.14. The van der Waals surface area contributed by atoms with Gasteiger partial charge in [-0.3, -0.25) is 4.40 Å². The summed E-state index contributed by atoms with van der Waals surface area (Å²) in [5.74, 6) is 0.609. The summed E-state index contributed by atoms with van der Waals surface area (Å²) in [4.78, 5) is 20.7. The minimum absolute atomic E-state index is 0.473. The van der Waals surface area contributed by atoms with Crippen molar-refractivity contribution in [3.8, 4) is 11.4 Å². The van der Waals surface area contributed by atoms with Gasteiger partial charge in [0, 0.05) is 16.3 Å². The SMILES string of the molecule is O=c1nc(-c2ccccc2)n2c3ccccc3c3ccccc3c2n1. The number of pyridine rings is 1. The van der Waals surface area contributed by atoms with Crippen LogP contribution >= 0.6 is 0 Å². The van der Waals surface area contributed by atoms with Crippen LogP contribution in [0.4, 0.5) is 0 Å². The van der Waals surface area contributed by atoms with E-state index in [2.05, 4.69) is 22.1 Å². The van der Waals surface area contributed by atoms with Crippen LogP contribution in [0.25, 0.3) is 38.7 Å². The van der Waals surface area contributed by atoms with E-state index in [4.69, 9.17) is 0 Å². The Morgan fingerprint density at radius 1 is 0.640 bits per heavy atom. The Kier molecular flexibility index (Phi) is 2.91. The molecule has 25 heavy (non-hydrogen) atoms. The third-order valence-electron chi connectivity index (χ3n) is 4.46.